The predicted octanol–water partition coefficient (Wildman–Crippen LogP) is 2.81. The Labute approximate surface area is 119 Å². The quantitative estimate of drug-likeness (QED) is 0.842. The summed E-state index contributed by atoms with van der Waals surface area (Å²) in [6, 6.07) is 0.478. The van der Waals surface area contributed by atoms with Gasteiger partial charge < -0.3 is 16.0 Å². The van der Waals surface area contributed by atoms with Crippen molar-refractivity contribution in [3.8, 4) is 0 Å². The SMILES string of the molecule is CCCC(C)N(C)C(=O)c1sc(NC(C)C)nc1N. The largest absolute Gasteiger partial charge is 0.382 e. The molecule has 1 aromatic rings. The molecule has 19 heavy (non-hydrogen) atoms. The Hall–Kier alpha value is -1.30. The van der Waals surface area contributed by atoms with Gasteiger partial charge in [-0.25, -0.2) is 4.98 Å². The number of nitrogens with two attached hydrogens (primary N) is 1. The highest BCUT2D eigenvalue weighted by molar-refractivity contribution is 7.18. The van der Waals surface area contributed by atoms with Crippen LogP contribution >= 0.6 is 11.3 Å². The Morgan fingerprint density at radius 3 is 2.63 bits per heavy atom. The number of carbonyl (C=O) groups excluding carboxylic acids is 1. The van der Waals surface area contributed by atoms with E-state index < -0.39 is 0 Å². The maximum atomic E-state index is 12.4. The minimum atomic E-state index is -0.0484. The van der Waals surface area contributed by atoms with Crippen molar-refractivity contribution >= 4 is 28.2 Å². The average Bonchev–Trinajstić information content (AvgIpc) is 2.67. The number of thiazole rings is 1. The number of amides is 1. The van der Waals surface area contributed by atoms with Gasteiger partial charge in [0.15, 0.2) is 5.13 Å². The molecule has 0 aliphatic rings. The lowest BCUT2D eigenvalue weighted by atomic mass is 10.1. The first kappa shape index (κ1) is 15.8. The molecule has 1 rings (SSSR count). The van der Waals surface area contributed by atoms with Crippen molar-refractivity contribution < 1.29 is 4.79 Å². The second-order valence-electron chi connectivity index (χ2n) is 5.09. The summed E-state index contributed by atoms with van der Waals surface area (Å²) >= 11 is 1.32. The maximum absolute atomic E-state index is 12.4. The average molecular weight is 284 g/mol. The number of hydrogen-bond acceptors (Lipinski definition) is 5. The van der Waals surface area contributed by atoms with E-state index in [1.54, 1.807) is 4.90 Å². The molecule has 108 valence electrons. The van der Waals surface area contributed by atoms with E-state index >= 15 is 0 Å². The van der Waals surface area contributed by atoms with Crippen molar-refractivity contribution in [3.63, 3.8) is 0 Å². The lowest BCUT2D eigenvalue weighted by molar-refractivity contribution is 0.0742. The highest BCUT2D eigenvalue weighted by Gasteiger charge is 2.22. The number of carbonyl (C=O) groups is 1. The van der Waals surface area contributed by atoms with Crippen molar-refractivity contribution in [3.05, 3.63) is 4.88 Å². The Bertz CT molecular complexity index is 430. The molecule has 5 nitrogen and oxygen atoms in total. The summed E-state index contributed by atoms with van der Waals surface area (Å²) in [5.74, 6) is 0.265. The number of nitrogens with one attached hydrogen (secondary N) is 1. The fraction of sp³-hybridized carbons (Fsp3) is 0.692. The van der Waals surface area contributed by atoms with E-state index in [0.29, 0.717) is 15.8 Å². The van der Waals surface area contributed by atoms with Crippen molar-refractivity contribution in [1.82, 2.24) is 9.88 Å². The molecular weight excluding hydrogens is 260 g/mol. The third-order valence-corrected chi connectivity index (χ3v) is 3.94. The molecule has 3 N–H and O–H groups in total. The molecule has 0 fully saturated rings. The van der Waals surface area contributed by atoms with Gasteiger partial charge in [-0.05, 0) is 27.2 Å². The van der Waals surface area contributed by atoms with Gasteiger partial charge in [0.05, 0.1) is 0 Å². The molecule has 0 bridgehead atoms. The van der Waals surface area contributed by atoms with Gasteiger partial charge in [0.25, 0.3) is 5.91 Å². The summed E-state index contributed by atoms with van der Waals surface area (Å²) in [6.45, 7) is 8.20. The maximum Gasteiger partial charge on any atom is 0.267 e. The van der Waals surface area contributed by atoms with E-state index in [9.17, 15) is 4.79 Å². The Kier molecular flexibility index (Phi) is 5.60. The van der Waals surface area contributed by atoms with Gasteiger partial charge >= 0.3 is 0 Å². The molecule has 0 aromatic carbocycles. The standard InChI is InChI=1S/C13H24N4OS/c1-6-7-9(4)17(5)12(18)10-11(14)16-13(19-10)15-8(2)3/h8-9H,6-7,14H2,1-5H3,(H,15,16). The molecule has 1 heterocycles. The van der Waals surface area contributed by atoms with Crippen LogP contribution in [0.1, 0.15) is 50.2 Å². The molecule has 0 saturated heterocycles. The van der Waals surface area contributed by atoms with Gasteiger partial charge in [0, 0.05) is 19.1 Å². The van der Waals surface area contributed by atoms with Crippen LogP contribution in [0.4, 0.5) is 10.9 Å². The number of nitrogens with zero attached hydrogens (tertiary/aromatic N) is 2. The zero-order chi connectivity index (χ0) is 14.6. The molecular formula is C13H24N4OS. The van der Waals surface area contributed by atoms with Gasteiger partial charge in [0.2, 0.25) is 0 Å². The summed E-state index contributed by atoms with van der Waals surface area (Å²) in [5.41, 5.74) is 5.84. The Morgan fingerprint density at radius 1 is 1.47 bits per heavy atom. The number of aromatic nitrogens is 1. The minimum absolute atomic E-state index is 0.0484. The molecule has 0 aliphatic carbocycles. The van der Waals surface area contributed by atoms with E-state index in [0.717, 1.165) is 12.8 Å². The van der Waals surface area contributed by atoms with Gasteiger partial charge in [-0.1, -0.05) is 24.7 Å². The van der Waals surface area contributed by atoms with Gasteiger partial charge in [-0.15, -0.1) is 0 Å². The molecule has 6 heteroatoms. The van der Waals surface area contributed by atoms with Crippen LogP contribution in [0.5, 0.6) is 0 Å². The first-order valence-electron chi connectivity index (χ1n) is 6.66. The van der Waals surface area contributed by atoms with Crippen LogP contribution in [0.15, 0.2) is 0 Å². The normalized spacial score (nSPS) is 12.5. The van der Waals surface area contributed by atoms with E-state index in [2.05, 4.69) is 17.2 Å². The lowest BCUT2D eigenvalue weighted by Gasteiger charge is -2.24. The van der Waals surface area contributed by atoms with Crippen LogP contribution in [0.3, 0.4) is 0 Å². The van der Waals surface area contributed by atoms with E-state index in [-0.39, 0.29) is 18.0 Å². The highest BCUT2D eigenvalue weighted by Crippen LogP contribution is 2.27. The monoisotopic (exact) mass is 284 g/mol. The molecule has 0 aliphatic heterocycles. The molecule has 1 unspecified atom stereocenters. The first-order chi connectivity index (χ1) is 8.86. The second kappa shape index (κ2) is 6.75. The summed E-state index contributed by atoms with van der Waals surface area (Å²) in [6.07, 6.45) is 2.04. The van der Waals surface area contributed by atoms with Gasteiger partial charge in [0.1, 0.15) is 10.7 Å². The number of anilines is 2. The van der Waals surface area contributed by atoms with Crippen molar-refractivity contribution in [2.75, 3.05) is 18.1 Å². The zero-order valence-corrected chi connectivity index (χ0v) is 13.2. The fourth-order valence-electron chi connectivity index (χ4n) is 1.77. The van der Waals surface area contributed by atoms with E-state index in [1.165, 1.54) is 11.3 Å². The number of rotatable bonds is 6. The van der Waals surface area contributed by atoms with Crippen molar-refractivity contribution in [1.29, 1.82) is 0 Å². The van der Waals surface area contributed by atoms with Crippen molar-refractivity contribution in [2.45, 2.75) is 52.6 Å². The second-order valence-corrected chi connectivity index (χ2v) is 6.09. The number of hydrogen-bond donors (Lipinski definition) is 2. The minimum Gasteiger partial charge on any atom is -0.382 e. The van der Waals surface area contributed by atoms with Gasteiger partial charge in [-0.2, -0.15) is 0 Å². The van der Waals surface area contributed by atoms with Crippen LogP contribution in [0.25, 0.3) is 0 Å². The molecule has 1 amide bonds. The van der Waals surface area contributed by atoms with E-state index in [1.807, 2.05) is 27.8 Å². The number of nitrogen functional groups attached to an aromatic ring is 1. The topological polar surface area (TPSA) is 71.2 Å². The Balaban J connectivity index is 2.84. The smallest absolute Gasteiger partial charge is 0.267 e. The molecule has 0 radical (unpaired) electrons. The summed E-state index contributed by atoms with van der Waals surface area (Å²) in [4.78, 5) is 18.8. The molecule has 0 spiro atoms. The highest BCUT2D eigenvalue weighted by atomic mass is 32.1. The lowest BCUT2D eigenvalue weighted by Crippen LogP contribution is -2.34. The fourth-order valence-corrected chi connectivity index (χ4v) is 2.78. The van der Waals surface area contributed by atoms with Crippen LogP contribution < -0.4 is 11.1 Å². The molecule has 1 atom stereocenters. The zero-order valence-electron chi connectivity index (χ0n) is 12.4. The molecule has 0 saturated carbocycles. The predicted molar refractivity (Wildman–Crippen MR) is 81.7 cm³/mol. The van der Waals surface area contributed by atoms with Crippen LogP contribution in [0, 0.1) is 0 Å². The third kappa shape index (κ3) is 4.09. The van der Waals surface area contributed by atoms with Gasteiger partial charge in [-0.3, -0.25) is 4.79 Å². The van der Waals surface area contributed by atoms with Crippen molar-refractivity contribution in [2.24, 2.45) is 0 Å². The summed E-state index contributed by atoms with van der Waals surface area (Å²) in [7, 11) is 1.82. The van der Waals surface area contributed by atoms with Crippen LogP contribution in [0.2, 0.25) is 0 Å². The van der Waals surface area contributed by atoms with Crippen LogP contribution in [-0.2, 0) is 0 Å². The summed E-state index contributed by atoms with van der Waals surface area (Å²) < 4.78 is 0. The first-order valence-corrected chi connectivity index (χ1v) is 7.48. The van der Waals surface area contributed by atoms with E-state index in [4.69, 9.17) is 5.73 Å². The molecule has 1 aromatic heterocycles. The van der Waals surface area contributed by atoms with Crippen LogP contribution in [-0.4, -0.2) is 34.9 Å². The Morgan fingerprint density at radius 2 is 2.11 bits per heavy atom. The third-order valence-electron chi connectivity index (χ3n) is 2.95. The summed E-state index contributed by atoms with van der Waals surface area (Å²) in [5, 5.41) is 3.87.